The van der Waals surface area contributed by atoms with Crippen LogP contribution in [0.15, 0.2) is 46.9 Å². The van der Waals surface area contributed by atoms with E-state index in [9.17, 15) is 13.2 Å². The average Bonchev–Trinajstić information content (AvgIpc) is 3.26. The number of ether oxygens (including phenoxy) is 2. The number of hydrogen-bond donors (Lipinski definition) is 2. The second-order valence-corrected chi connectivity index (χ2v) is 11.7. The van der Waals surface area contributed by atoms with Crippen molar-refractivity contribution in [3.63, 3.8) is 0 Å². The number of amides is 1. The van der Waals surface area contributed by atoms with Crippen LogP contribution < -0.4 is 9.46 Å². The van der Waals surface area contributed by atoms with Crippen LogP contribution in [0.2, 0.25) is 0 Å². The van der Waals surface area contributed by atoms with E-state index < -0.39 is 28.3 Å². The molecule has 1 amide bonds. The number of sulfonamides is 1. The van der Waals surface area contributed by atoms with Gasteiger partial charge in [0.2, 0.25) is 10.0 Å². The van der Waals surface area contributed by atoms with Crippen LogP contribution in [0.25, 0.3) is 33.3 Å². The van der Waals surface area contributed by atoms with Crippen LogP contribution in [0.3, 0.4) is 0 Å². The summed E-state index contributed by atoms with van der Waals surface area (Å²) in [5.41, 5.74) is 3.36. The Morgan fingerprint density at radius 3 is 2.67 bits per heavy atom. The molecule has 206 valence electrons. The molecule has 2 N–H and O–H groups in total. The lowest BCUT2D eigenvalue weighted by Gasteiger charge is -2.22. The number of pyridine rings is 1. The molecule has 0 unspecified atom stereocenters. The summed E-state index contributed by atoms with van der Waals surface area (Å²) in [5.74, 6) is 0.0295. The van der Waals surface area contributed by atoms with Gasteiger partial charge in [0.15, 0.2) is 5.76 Å². The Labute approximate surface area is 227 Å². The number of benzene rings is 2. The van der Waals surface area contributed by atoms with Gasteiger partial charge in [0.25, 0.3) is 5.91 Å². The second kappa shape index (κ2) is 11.3. The number of aryl methyl sites for hydroxylation is 2. The van der Waals surface area contributed by atoms with Crippen LogP contribution in [0.5, 0.6) is 5.75 Å². The van der Waals surface area contributed by atoms with E-state index in [-0.39, 0.29) is 5.56 Å². The Morgan fingerprint density at radius 2 is 1.92 bits per heavy atom. The minimum Gasteiger partial charge on any atom is -0.493 e. The fourth-order valence-electron chi connectivity index (χ4n) is 5.02. The van der Waals surface area contributed by atoms with Crippen molar-refractivity contribution in [1.29, 1.82) is 0 Å². The zero-order chi connectivity index (χ0) is 27.6. The van der Waals surface area contributed by atoms with E-state index in [1.807, 2.05) is 44.2 Å². The van der Waals surface area contributed by atoms with Gasteiger partial charge >= 0.3 is 0 Å². The maximum Gasteiger partial charge on any atom is 0.265 e. The van der Waals surface area contributed by atoms with Gasteiger partial charge in [-0.25, -0.2) is 18.1 Å². The first kappa shape index (κ1) is 27.1. The standard InChI is InChI=1S/C29H32N2O7S/c1-18-7-8-25(37-15-11-20-9-13-36-14-10-20)26-22(29(33)31-39(34,35)16-12-32)17-23(30-27(18)26)28-19(2)21-5-3-4-6-24(21)38-28/h3-8,17,20,32H,9-16H2,1-2H3,(H,31,33). The maximum atomic E-state index is 13.5. The van der Waals surface area contributed by atoms with Gasteiger partial charge in [0.05, 0.1) is 35.4 Å². The van der Waals surface area contributed by atoms with E-state index in [0.717, 1.165) is 49.0 Å². The second-order valence-electron chi connectivity index (χ2n) is 9.88. The Morgan fingerprint density at radius 1 is 1.15 bits per heavy atom. The smallest absolute Gasteiger partial charge is 0.265 e. The fraction of sp³-hybridized carbons (Fsp3) is 0.379. The zero-order valence-electron chi connectivity index (χ0n) is 22.0. The van der Waals surface area contributed by atoms with Crippen LogP contribution in [0.4, 0.5) is 0 Å². The van der Waals surface area contributed by atoms with Gasteiger partial charge in [-0.05, 0) is 62.8 Å². The molecule has 2 aromatic carbocycles. The molecular formula is C29H32N2O7S. The monoisotopic (exact) mass is 552 g/mol. The van der Waals surface area contributed by atoms with Crippen LogP contribution in [0.1, 0.15) is 40.7 Å². The highest BCUT2D eigenvalue weighted by atomic mass is 32.2. The molecule has 0 radical (unpaired) electrons. The number of hydrogen-bond acceptors (Lipinski definition) is 8. The molecule has 0 bridgehead atoms. The number of aromatic nitrogens is 1. The van der Waals surface area contributed by atoms with Crippen molar-refractivity contribution in [2.75, 3.05) is 32.2 Å². The minimum absolute atomic E-state index is 0.0983. The Bertz CT molecular complexity index is 1620. The number of para-hydroxylation sites is 1. The highest BCUT2D eigenvalue weighted by Gasteiger charge is 2.25. The summed E-state index contributed by atoms with van der Waals surface area (Å²) in [4.78, 5) is 18.4. The molecule has 1 fully saturated rings. The van der Waals surface area contributed by atoms with Gasteiger partial charge < -0.3 is 19.0 Å². The third-order valence-corrected chi connectivity index (χ3v) is 8.39. The summed E-state index contributed by atoms with van der Waals surface area (Å²) in [6.07, 6.45) is 2.81. The fourth-order valence-corrected chi connectivity index (χ4v) is 5.75. The van der Waals surface area contributed by atoms with Gasteiger partial charge in [-0.3, -0.25) is 4.79 Å². The molecule has 1 aliphatic rings. The van der Waals surface area contributed by atoms with Crippen LogP contribution in [-0.4, -0.2) is 56.6 Å². The first-order valence-corrected chi connectivity index (χ1v) is 14.7. The van der Waals surface area contributed by atoms with E-state index in [1.165, 1.54) is 0 Å². The van der Waals surface area contributed by atoms with Gasteiger partial charge in [-0.2, -0.15) is 0 Å². The van der Waals surface area contributed by atoms with E-state index in [2.05, 4.69) is 4.72 Å². The molecule has 5 rings (SSSR count). The molecule has 9 nitrogen and oxygen atoms in total. The normalized spacial score (nSPS) is 14.6. The molecule has 4 aromatic rings. The van der Waals surface area contributed by atoms with Gasteiger partial charge in [-0.15, -0.1) is 0 Å². The van der Waals surface area contributed by atoms with Crippen molar-refractivity contribution >= 4 is 37.8 Å². The van der Waals surface area contributed by atoms with E-state index in [0.29, 0.717) is 46.2 Å². The zero-order valence-corrected chi connectivity index (χ0v) is 22.8. The molecule has 0 atom stereocenters. The number of nitrogens with one attached hydrogen (secondary N) is 1. The molecule has 39 heavy (non-hydrogen) atoms. The van der Waals surface area contributed by atoms with Crippen molar-refractivity contribution in [2.45, 2.75) is 33.1 Å². The minimum atomic E-state index is -4.05. The molecule has 3 heterocycles. The number of rotatable bonds is 9. The van der Waals surface area contributed by atoms with Gasteiger partial charge in [0.1, 0.15) is 17.0 Å². The Hall–Kier alpha value is -3.47. The predicted octanol–water partition coefficient (Wildman–Crippen LogP) is 4.51. The summed E-state index contributed by atoms with van der Waals surface area (Å²) in [7, 11) is -4.05. The molecule has 1 aliphatic heterocycles. The Balaban J connectivity index is 1.61. The third kappa shape index (κ3) is 5.78. The topological polar surface area (TPSA) is 128 Å². The van der Waals surface area contributed by atoms with Crippen molar-refractivity contribution in [1.82, 2.24) is 9.71 Å². The number of furan rings is 1. The molecule has 0 saturated carbocycles. The number of fused-ring (bicyclic) bond motifs is 2. The van der Waals surface area contributed by atoms with Crippen molar-refractivity contribution in [3.05, 3.63) is 59.2 Å². The van der Waals surface area contributed by atoms with Crippen molar-refractivity contribution < 1.29 is 32.2 Å². The lowest BCUT2D eigenvalue weighted by atomic mass is 9.97. The molecule has 2 aromatic heterocycles. The number of aliphatic hydroxyl groups is 1. The van der Waals surface area contributed by atoms with Crippen molar-refractivity contribution in [3.8, 4) is 17.2 Å². The highest BCUT2D eigenvalue weighted by Crippen LogP contribution is 2.37. The number of carbonyl (C=O) groups excluding carboxylic acids is 1. The van der Waals surface area contributed by atoms with E-state index in [4.69, 9.17) is 24.0 Å². The summed E-state index contributed by atoms with van der Waals surface area (Å²) in [6, 6.07) is 12.8. The van der Waals surface area contributed by atoms with Crippen LogP contribution in [-0.2, 0) is 14.8 Å². The van der Waals surface area contributed by atoms with Crippen LogP contribution >= 0.6 is 0 Å². The average molecular weight is 553 g/mol. The highest BCUT2D eigenvalue weighted by molar-refractivity contribution is 7.90. The lowest BCUT2D eigenvalue weighted by molar-refractivity contribution is 0.0594. The van der Waals surface area contributed by atoms with Crippen LogP contribution in [0, 0.1) is 19.8 Å². The van der Waals surface area contributed by atoms with E-state index in [1.54, 1.807) is 12.1 Å². The molecule has 1 saturated heterocycles. The van der Waals surface area contributed by atoms with Crippen molar-refractivity contribution in [2.24, 2.45) is 5.92 Å². The Kier molecular flexibility index (Phi) is 7.88. The SMILES string of the molecule is Cc1c(-c2cc(C(=O)NS(=O)(=O)CCO)c3c(OCCC4CCOCC4)ccc(C)c3n2)oc2ccccc12. The first-order valence-electron chi connectivity index (χ1n) is 13.1. The number of carbonyl (C=O) groups is 1. The number of aliphatic hydroxyl groups excluding tert-OH is 1. The maximum absolute atomic E-state index is 13.5. The molecule has 0 aliphatic carbocycles. The third-order valence-electron chi connectivity index (χ3n) is 7.18. The van der Waals surface area contributed by atoms with Gasteiger partial charge in [0, 0.05) is 24.2 Å². The number of nitrogens with zero attached hydrogens (tertiary/aromatic N) is 1. The molecule has 0 spiro atoms. The van der Waals surface area contributed by atoms with E-state index >= 15 is 0 Å². The quantitative estimate of drug-likeness (QED) is 0.310. The summed E-state index contributed by atoms with van der Waals surface area (Å²) in [6.45, 7) is 5.12. The molecule has 10 heteroatoms. The summed E-state index contributed by atoms with van der Waals surface area (Å²) >= 11 is 0. The first-order chi connectivity index (χ1) is 18.8. The lowest BCUT2D eigenvalue weighted by Crippen LogP contribution is -2.33. The van der Waals surface area contributed by atoms with Gasteiger partial charge in [-0.1, -0.05) is 24.3 Å². The largest absolute Gasteiger partial charge is 0.493 e. The molecular weight excluding hydrogens is 520 g/mol. The summed E-state index contributed by atoms with van der Waals surface area (Å²) < 4.78 is 44.7. The summed E-state index contributed by atoms with van der Waals surface area (Å²) in [5, 5.41) is 10.5. The predicted molar refractivity (Wildman–Crippen MR) is 148 cm³/mol.